The minimum absolute atomic E-state index is 0.312. The van der Waals surface area contributed by atoms with E-state index in [1.165, 1.54) is 4.31 Å². The SMILES string of the molecule is CS(=O)(=O)N1CCCCC1C(=O)NC1C=CC(C(=O)O)C1. The number of carbonyl (C=O) groups excluding carboxylic acids is 1. The van der Waals surface area contributed by atoms with Crippen molar-refractivity contribution in [1.29, 1.82) is 0 Å². The molecule has 1 heterocycles. The molecule has 0 radical (unpaired) electrons. The second-order valence-corrected chi connectivity index (χ2v) is 7.50. The number of carbonyl (C=O) groups is 2. The molecule has 1 saturated heterocycles. The van der Waals surface area contributed by atoms with E-state index in [4.69, 9.17) is 5.11 Å². The van der Waals surface area contributed by atoms with Gasteiger partial charge in [0.25, 0.3) is 0 Å². The monoisotopic (exact) mass is 316 g/mol. The zero-order valence-electron chi connectivity index (χ0n) is 11.9. The average molecular weight is 316 g/mol. The zero-order chi connectivity index (χ0) is 15.6. The highest BCUT2D eigenvalue weighted by atomic mass is 32.2. The molecule has 3 unspecified atom stereocenters. The van der Waals surface area contributed by atoms with Crippen molar-refractivity contribution >= 4 is 21.9 Å². The van der Waals surface area contributed by atoms with Crippen LogP contribution in [0.1, 0.15) is 25.7 Å². The van der Waals surface area contributed by atoms with Crippen LogP contribution in [0.3, 0.4) is 0 Å². The maximum absolute atomic E-state index is 12.3. The second kappa shape index (κ2) is 6.15. The van der Waals surface area contributed by atoms with E-state index in [0.29, 0.717) is 19.4 Å². The third-order valence-corrected chi connectivity index (χ3v) is 5.20. The summed E-state index contributed by atoms with van der Waals surface area (Å²) in [5.41, 5.74) is 0. The van der Waals surface area contributed by atoms with Gasteiger partial charge in [0.1, 0.15) is 6.04 Å². The largest absolute Gasteiger partial charge is 0.481 e. The summed E-state index contributed by atoms with van der Waals surface area (Å²) in [4.78, 5) is 23.2. The highest BCUT2D eigenvalue weighted by Crippen LogP contribution is 2.22. The fourth-order valence-corrected chi connectivity index (χ4v) is 3.96. The Hall–Kier alpha value is -1.41. The summed E-state index contributed by atoms with van der Waals surface area (Å²) in [7, 11) is -3.42. The summed E-state index contributed by atoms with van der Waals surface area (Å²) in [5, 5.41) is 11.7. The molecule has 2 rings (SSSR count). The summed E-state index contributed by atoms with van der Waals surface area (Å²) in [6, 6.07) is -1.03. The molecule has 0 bridgehead atoms. The van der Waals surface area contributed by atoms with Gasteiger partial charge in [0.2, 0.25) is 15.9 Å². The molecule has 0 saturated carbocycles. The molecule has 2 N–H and O–H groups in total. The molecule has 8 heteroatoms. The lowest BCUT2D eigenvalue weighted by atomic mass is 10.0. The van der Waals surface area contributed by atoms with Gasteiger partial charge in [-0.1, -0.05) is 18.6 Å². The van der Waals surface area contributed by atoms with Crippen LogP contribution in [0.15, 0.2) is 12.2 Å². The first-order valence-electron chi connectivity index (χ1n) is 6.97. The molecule has 0 spiro atoms. The molecule has 118 valence electrons. The number of hydrogen-bond donors (Lipinski definition) is 2. The molecule has 7 nitrogen and oxygen atoms in total. The fourth-order valence-electron chi connectivity index (χ4n) is 2.83. The van der Waals surface area contributed by atoms with Crippen LogP contribution in [-0.4, -0.2) is 54.6 Å². The Balaban J connectivity index is 1.99. The van der Waals surface area contributed by atoms with Crippen LogP contribution in [0.5, 0.6) is 0 Å². The van der Waals surface area contributed by atoms with E-state index in [0.717, 1.165) is 19.1 Å². The number of carboxylic acid groups (broad SMARTS) is 1. The molecular formula is C13H20N2O5S. The van der Waals surface area contributed by atoms with Gasteiger partial charge >= 0.3 is 5.97 Å². The zero-order valence-corrected chi connectivity index (χ0v) is 12.7. The predicted octanol–water partition coefficient (Wildman–Crippen LogP) is -0.0540. The van der Waals surface area contributed by atoms with Crippen molar-refractivity contribution in [3.8, 4) is 0 Å². The number of sulfonamides is 1. The van der Waals surface area contributed by atoms with E-state index >= 15 is 0 Å². The Labute approximate surface area is 124 Å². The number of rotatable bonds is 4. The van der Waals surface area contributed by atoms with Crippen molar-refractivity contribution in [3.63, 3.8) is 0 Å². The molecule has 1 aliphatic carbocycles. The van der Waals surface area contributed by atoms with E-state index in [1.807, 2.05) is 0 Å². The lowest BCUT2D eigenvalue weighted by Gasteiger charge is -2.33. The van der Waals surface area contributed by atoms with Gasteiger partial charge in [-0.3, -0.25) is 9.59 Å². The molecule has 1 aliphatic heterocycles. The highest BCUT2D eigenvalue weighted by Gasteiger charge is 2.36. The molecule has 21 heavy (non-hydrogen) atoms. The number of carboxylic acids is 1. The van der Waals surface area contributed by atoms with Crippen LogP contribution in [0, 0.1) is 5.92 Å². The topological polar surface area (TPSA) is 104 Å². The van der Waals surface area contributed by atoms with E-state index in [1.54, 1.807) is 12.2 Å². The average Bonchev–Trinajstić information content (AvgIpc) is 2.86. The van der Waals surface area contributed by atoms with Crippen LogP contribution in [0.4, 0.5) is 0 Å². The molecular weight excluding hydrogens is 296 g/mol. The third kappa shape index (κ3) is 3.82. The van der Waals surface area contributed by atoms with Crippen LogP contribution in [-0.2, 0) is 19.6 Å². The van der Waals surface area contributed by atoms with E-state index in [-0.39, 0.29) is 11.9 Å². The number of nitrogens with one attached hydrogen (secondary N) is 1. The Morgan fingerprint density at radius 3 is 2.57 bits per heavy atom. The van der Waals surface area contributed by atoms with Gasteiger partial charge in [-0.25, -0.2) is 8.42 Å². The summed E-state index contributed by atoms with van der Waals surface area (Å²) in [6.45, 7) is 0.356. The van der Waals surface area contributed by atoms with Crippen molar-refractivity contribution in [2.24, 2.45) is 5.92 Å². The Morgan fingerprint density at radius 2 is 2.00 bits per heavy atom. The van der Waals surface area contributed by atoms with Gasteiger partial charge < -0.3 is 10.4 Å². The lowest BCUT2D eigenvalue weighted by molar-refractivity contribution is -0.140. The number of piperidine rings is 1. The Kier molecular flexibility index (Phi) is 4.67. The number of aliphatic carboxylic acids is 1. The van der Waals surface area contributed by atoms with Crippen molar-refractivity contribution in [2.75, 3.05) is 12.8 Å². The minimum Gasteiger partial charge on any atom is -0.481 e. The van der Waals surface area contributed by atoms with Crippen LogP contribution in [0.25, 0.3) is 0 Å². The van der Waals surface area contributed by atoms with Gasteiger partial charge in [0, 0.05) is 12.6 Å². The lowest BCUT2D eigenvalue weighted by Crippen LogP contribution is -2.53. The first kappa shape index (κ1) is 16.0. The maximum atomic E-state index is 12.3. The van der Waals surface area contributed by atoms with E-state index in [9.17, 15) is 18.0 Å². The first-order chi connectivity index (χ1) is 9.79. The smallest absolute Gasteiger partial charge is 0.310 e. The van der Waals surface area contributed by atoms with Crippen LogP contribution in [0.2, 0.25) is 0 Å². The molecule has 2 aliphatic rings. The van der Waals surface area contributed by atoms with Crippen molar-refractivity contribution < 1.29 is 23.1 Å². The van der Waals surface area contributed by atoms with Crippen molar-refractivity contribution in [2.45, 2.75) is 37.8 Å². The van der Waals surface area contributed by atoms with Gasteiger partial charge in [-0.2, -0.15) is 4.31 Å². The van der Waals surface area contributed by atoms with Gasteiger partial charge in [-0.15, -0.1) is 0 Å². The standard InChI is InChI=1S/C13H20N2O5S/c1-21(19,20)15-7-3-2-4-11(15)12(16)14-10-6-5-9(8-10)13(17)18/h5-6,9-11H,2-4,7-8H2,1H3,(H,14,16)(H,17,18). The Bertz CT molecular complexity index is 557. The minimum atomic E-state index is -3.42. The highest BCUT2D eigenvalue weighted by molar-refractivity contribution is 7.88. The molecule has 0 aromatic heterocycles. The predicted molar refractivity (Wildman–Crippen MR) is 76.0 cm³/mol. The molecule has 1 fully saturated rings. The van der Waals surface area contributed by atoms with Gasteiger partial charge in [0.05, 0.1) is 12.2 Å². The van der Waals surface area contributed by atoms with E-state index < -0.39 is 28.0 Å². The van der Waals surface area contributed by atoms with Crippen molar-refractivity contribution in [3.05, 3.63) is 12.2 Å². The number of nitrogens with zero attached hydrogens (tertiary/aromatic N) is 1. The number of amides is 1. The van der Waals surface area contributed by atoms with Gasteiger partial charge in [-0.05, 0) is 19.3 Å². The normalized spacial score (nSPS) is 30.2. The fraction of sp³-hybridized carbons (Fsp3) is 0.692. The van der Waals surface area contributed by atoms with E-state index in [2.05, 4.69) is 5.32 Å². The molecule has 1 amide bonds. The first-order valence-corrected chi connectivity index (χ1v) is 8.82. The summed E-state index contributed by atoms with van der Waals surface area (Å²) in [6.07, 6.45) is 6.69. The quantitative estimate of drug-likeness (QED) is 0.708. The third-order valence-electron chi connectivity index (χ3n) is 3.91. The summed E-state index contributed by atoms with van der Waals surface area (Å²) in [5.74, 6) is -1.85. The van der Waals surface area contributed by atoms with Crippen LogP contribution >= 0.6 is 0 Å². The number of hydrogen-bond acceptors (Lipinski definition) is 4. The Morgan fingerprint density at radius 1 is 1.29 bits per heavy atom. The summed E-state index contributed by atoms with van der Waals surface area (Å²) >= 11 is 0. The second-order valence-electron chi connectivity index (χ2n) is 5.57. The molecule has 0 aromatic carbocycles. The van der Waals surface area contributed by atoms with Crippen molar-refractivity contribution in [1.82, 2.24) is 9.62 Å². The van der Waals surface area contributed by atoms with Gasteiger partial charge in [0.15, 0.2) is 0 Å². The van der Waals surface area contributed by atoms with Crippen LogP contribution < -0.4 is 5.32 Å². The maximum Gasteiger partial charge on any atom is 0.310 e. The molecule has 0 aromatic rings. The molecule has 3 atom stereocenters. The summed E-state index contributed by atoms with van der Waals surface area (Å²) < 4.78 is 24.7.